The maximum absolute atomic E-state index is 12.6. The predicted octanol–water partition coefficient (Wildman–Crippen LogP) is 3.21. The van der Waals surface area contributed by atoms with Crippen molar-refractivity contribution in [1.82, 2.24) is 5.32 Å². The molecule has 0 atom stereocenters. The number of esters is 1. The Bertz CT molecular complexity index is 995. The molecule has 0 aromatic heterocycles. The summed E-state index contributed by atoms with van der Waals surface area (Å²) in [5, 5.41) is 5.81. The molecule has 1 saturated heterocycles. The first-order chi connectivity index (χ1) is 14.9. The van der Waals surface area contributed by atoms with E-state index in [-0.39, 0.29) is 11.0 Å². The quantitative estimate of drug-likeness (QED) is 0.471. The number of hydrogen-bond acceptors (Lipinski definition) is 7. The number of thiocarbonyl (C=S) groups is 1. The number of amides is 1. The highest BCUT2D eigenvalue weighted by Crippen LogP contribution is 2.29. The number of anilines is 2. The van der Waals surface area contributed by atoms with Crippen LogP contribution in [0.25, 0.3) is 0 Å². The highest BCUT2D eigenvalue weighted by molar-refractivity contribution is 9.10. The van der Waals surface area contributed by atoms with E-state index < -0.39 is 5.97 Å². The van der Waals surface area contributed by atoms with Crippen LogP contribution in [0.1, 0.15) is 20.7 Å². The van der Waals surface area contributed by atoms with Gasteiger partial charge in [0.25, 0.3) is 5.91 Å². The summed E-state index contributed by atoms with van der Waals surface area (Å²) in [6.45, 7) is 2.61. The van der Waals surface area contributed by atoms with Gasteiger partial charge in [-0.05, 0) is 64.5 Å². The molecular weight excluding hydrogens is 486 g/mol. The van der Waals surface area contributed by atoms with Crippen LogP contribution in [0.5, 0.6) is 5.75 Å². The maximum atomic E-state index is 12.6. The largest absolute Gasteiger partial charge is 0.496 e. The van der Waals surface area contributed by atoms with Crippen molar-refractivity contribution in [3.8, 4) is 5.75 Å². The smallest absolute Gasteiger partial charge is 0.337 e. The minimum absolute atomic E-state index is 0.105. The average molecular weight is 508 g/mol. The summed E-state index contributed by atoms with van der Waals surface area (Å²) >= 11 is 8.72. The van der Waals surface area contributed by atoms with Crippen LogP contribution in [0.15, 0.2) is 40.9 Å². The lowest BCUT2D eigenvalue weighted by Crippen LogP contribution is -2.38. The van der Waals surface area contributed by atoms with E-state index in [2.05, 4.69) is 31.5 Å². The van der Waals surface area contributed by atoms with Crippen molar-refractivity contribution in [2.45, 2.75) is 0 Å². The third-order valence-electron chi connectivity index (χ3n) is 4.66. The summed E-state index contributed by atoms with van der Waals surface area (Å²) < 4.78 is 16.1. The lowest BCUT2D eigenvalue weighted by Gasteiger charge is -2.31. The third kappa shape index (κ3) is 5.72. The number of ether oxygens (including phenoxy) is 3. The molecule has 0 spiro atoms. The van der Waals surface area contributed by atoms with Gasteiger partial charge >= 0.3 is 5.97 Å². The second kappa shape index (κ2) is 10.6. The van der Waals surface area contributed by atoms with E-state index >= 15 is 0 Å². The van der Waals surface area contributed by atoms with Gasteiger partial charge in [-0.1, -0.05) is 0 Å². The standard InChI is InChI=1S/C21H22BrN3O5S/c1-28-18-6-4-13(11-15(18)22)19(26)24-21(31)23-16-12-14(20(27)29-2)3-5-17(16)25-7-9-30-10-8-25/h3-6,11-12H,7-10H2,1-2H3,(H2,23,24,26,31). The first kappa shape index (κ1) is 23.0. The second-order valence-corrected chi connectivity index (χ2v) is 7.84. The Morgan fingerprint density at radius 1 is 1.10 bits per heavy atom. The summed E-state index contributed by atoms with van der Waals surface area (Å²) in [6, 6.07) is 10.1. The monoisotopic (exact) mass is 507 g/mol. The molecule has 0 unspecified atom stereocenters. The van der Waals surface area contributed by atoms with Crippen LogP contribution in [-0.2, 0) is 9.47 Å². The minimum atomic E-state index is -0.463. The summed E-state index contributed by atoms with van der Waals surface area (Å²) in [7, 11) is 2.87. The van der Waals surface area contributed by atoms with Crippen molar-refractivity contribution >= 4 is 56.5 Å². The van der Waals surface area contributed by atoms with Crippen LogP contribution < -0.4 is 20.3 Å². The summed E-state index contributed by atoms with van der Waals surface area (Å²) in [4.78, 5) is 26.7. The molecule has 0 aliphatic carbocycles. The molecule has 1 aliphatic rings. The Morgan fingerprint density at radius 2 is 1.81 bits per heavy atom. The van der Waals surface area contributed by atoms with E-state index in [9.17, 15) is 9.59 Å². The fourth-order valence-corrected chi connectivity index (χ4v) is 3.84. The number of benzene rings is 2. The minimum Gasteiger partial charge on any atom is -0.496 e. The Morgan fingerprint density at radius 3 is 2.45 bits per heavy atom. The van der Waals surface area contributed by atoms with Gasteiger partial charge in [0.05, 0.1) is 48.8 Å². The molecule has 31 heavy (non-hydrogen) atoms. The van der Waals surface area contributed by atoms with Crippen LogP contribution in [-0.4, -0.2) is 57.5 Å². The average Bonchev–Trinajstić information content (AvgIpc) is 2.78. The number of carbonyl (C=O) groups excluding carboxylic acids is 2. The van der Waals surface area contributed by atoms with Gasteiger partial charge < -0.3 is 24.4 Å². The van der Waals surface area contributed by atoms with Gasteiger partial charge in [-0.3, -0.25) is 10.1 Å². The van der Waals surface area contributed by atoms with Gasteiger partial charge in [0.2, 0.25) is 0 Å². The Hall–Kier alpha value is -2.69. The van der Waals surface area contributed by atoms with E-state index in [1.165, 1.54) is 7.11 Å². The summed E-state index contributed by atoms with van der Waals surface area (Å²) in [6.07, 6.45) is 0. The van der Waals surface area contributed by atoms with Crippen molar-refractivity contribution in [2.75, 3.05) is 50.7 Å². The maximum Gasteiger partial charge on any atom is 0.337 e. The number of rotatable bonds is 5. The highest BCUT2D eigenvalue weighted by atomic mass is 79.9. The fourth-order valence-electron chi connectivity index (χ4n) is 3.10. The Balaban J connectivity index is 1.79. The Kier molecular flexibility index (Phi) is 7.83. The number of halogens is 1. The van der Waals surface area contributed by atoms with Gasteiger partial charge in [0.15, 0.2) is 5.11 Å². The van der Waals surface area contributed by atoms with Crippen LogP contribution in [0.3, 0.4) is 0 Å². The van der Waals surface area contributed by atoms with E-state index in [0.717, 1.165) is 5.69 Å². The number of nitrogens with one attached hydrogen (secondary N) is 2. The molecule has 3 rings (SSSR count). The molecule has 1 amide bonds. The van der Waals surface area contributed by atoms with Crippen molar-refractivity contribution < 1.29 is 23.8 Å². The van der Waals surface area contributed by atoms with E-state index in [0.29, 0.717) is 53.3 Å². The van der Waals surface area contributed by atoms with Gasteiger partial charge in [-0.15, -0.1) is 0 Å². The number of carbonyl (C=O) groups is 2. The predicted molar refractivity (Wildman–Crippen MR) is 125 cm³/mol. The topological polar surface area (TPSA) is 89.1 Å². The molecule has 2 aromatic carbocycles. The molecule has 10 heteroatoms. The van der Waals surface area contributed by atoms with Gasteiger partial charge in [0, 0.05) is 18.7 Å². The van der Waals surface area contributed by atoms with Crippen molar-refractivity contribution in [3.05, 3.63) is 52.0 Å². The molecule has 0 bridgehead atoms. The summed E-state index contributed by atoms with van der Waals surface area (Å²) in [5.74, 6) is -0.223. The zero-order valence-electron chi connectivity index (χ0n) is 17.1. The zero-order valence-corrected chi connectivity index (χ0v) is 19.5. The third-order valence-corrected chi connectivity index (χ3v) is 5.48. The Labute approximate surface area is 194 Å². The molecule has 2 N–H and O–H groups in total. The summed E-state index contributed by atoms with van der Waals surface area (Å²) in [5.41, 5.74) is 2.22. The molecular formula is C21H22BrN3O5S. The van der Waals surface area contributed by atoms with Crippen LogP contribution in [0.2, 0.25) is 0 Å². The normalized spacial score (nSPS) is 13.3. The number of morpholine rings is 1. The van der Waals surface area contributed by atoms with Crippen LogP contribution >= 0.6 is 28.1 Å². The lowest BCUT2D eigenvalue weighted by atomic mass is 10.1. The number of methoxy groups -OCH3 is 2. The van der Waals surface area contributed by atoms with E-state index in [1.807, 2.05) is 6.07 Å². The SMILES string of the molecule is COC(=O)c1ccc(N2CCOCC2)c(NC(=S)NC(=O)c2ccc(OC)c(Br)c2)c1. The molecule has 164 valence electrons. The second-order valence-electron chi connectivity index (χ2n) is 6.58. The molecule has 8 nitrogen and oxygen atoms in total. The van der Waals surface area contributed by atoms with Gasteiger partial charge in [-0.2, -0.15) is 0 Å². The molecule has 1 aliphatic heterocycles. The molecule has 1 heterocycles. The van der Waals surface area contributed by atoms with E-state index in [1.54, 1.807) is 37.4 Å². The first-order valence-electron chi connectivity index (χ1n) is 9.44. The van der Waals surface area contributed by atoms with Crippen LogP contribution in [0.4, 0.5) is 11.4 Å². The zero-order chi connectivity index (χ0) is 22.4. The molecule has 2 aromatic rings. The molecule has 0 radical (unpaired) electrons. The molecule has 1 fully saturated rings. The number of hydrogen-bond donors (Lipinski definition) is 2. The van der Waals surface area contributed by atoms with Crippen molar-refractivity contribution in [1.29, 1.82) is 0 Å². The van der Waals surface area contributed by atoms with E-state index in [4.69, 9.17) is 26.4 Å². The van der Waals surface area contributed by atoms with Gasteiger partial charge in [0.1, 0.15) is 5.75 Å². The lowest BCUT2D eigenvalue weighted by molar-refractivity contribution is 0.0600. The first-order valence-corrected chi connectivity index (χ1v) is 10.6. The fraction of sp³-hybridized carbons (Fsp3) is 0.286. The molecule has 0 saturated carbocycles. The highest BCUT2D eigenvalue weighted by Gasteiger charge is 2.19. The van der Waals surface area contributed by atoms with Crippen molar-refractivity contribution in [3.63, 3.8) is 0 Å². The van der Waals surface area contributed by atoms with Crippen LogP contribution in [0, 0.1) is 0 Å². The van der Waals surface area contributed by atoms with Crippen molar-refractivity contribution in [2.24, 2.45) is 0 Å². The van der Waals surface area contributed by atoms with Gasteiger partial charge in [-0.25, -0.2) is 4.79 Å². The number of nitrogens with zero attached hydrogens (tertiary/aromatic N) is 1.